The van der Waals surface area contributed by atoms with Crippen molar-refractivity contribution in [1.29, 1.82) is 0 Å². The zero-order valence-electron chi connectivity index (χ0n) is 15.6. The van der Waals surface area contributed by atoms with Crippen molar-refractivity contribution in [2.45, 2.75) is 26.2 Å². The minimum absolute atomic E-state index is 0.0830. The van der Waals surface area contributed by atoms with Crippen molar-refractivity contribution in [1.82, 2.24) is 19.9 Å². The van der Waals surface area contributed by atoms with Gasteiger partial charge in [0.15, 0.2) is 0 Å². The van der Waals surface area contributed by atoms with Gasteiger partial charge in [0.2, 0.25) is 5.91 Å². The van der Waals surface area contributed by atoms with E-state index in [4.69, 9.17) is 0 Å². The highest BCUT2D eigenvalue weighted by atomic mass is 16.1. The molecule has 0 bridgehead atoms. The second-order valence-corrected chi connectivity index (χ2v) is 6.36. The number of carbonyl (C=O) groups is 1. The van der Waals surface area contributed by atoms with Gasteiger partial charge >= 0.3 is 0 Å². The van der Waals surface area contributed by atoms with Crippen LogP contribution in [0.2, 0.25) is 0 Å². The fourth-order valence-corrected chi connectivity index (χ4v) is 2.84. The SMILES string of the molecule is Cc1nc(NCCNC(=O)CCCc2ccccc2)cc(-n2cccc2)n1. The maximum absolute atomic E-state index is 11.9. The van der Waals surface area contributed by atoms with Gasteiger partial charge in [-0.15, -0.1) is 0 Å². The summed E-state index contributed by atoms with van der Waals surface area (Å²) < 4.78 is 1.94. The van der Waals surface area contributed by atoms with Gasteiger partial charge in [0.25, 0.3) is 0 Å². The van der Waals surface area contributed by atoms with E-state index in [2.05, 4.69) is 32.7 Å². The molecule has 0 aliphatic heterocycles. The van der Waals surface area contributed by atoms with Crippen molar-refractivity contribution in [2.24, 2.45) is 0 Å². The molecule has 27 heavy (non-hydrogen) atoms. The number of hydrogen-bond donors (Lipinski definition) is 2. The molecule has 6 nitrogen and oxygen atoms in total. The normalized spacial score (nSPS) is 10.6. The predicted octanol–water partition coefficient (Wildman–Crippen LogP) is 3.13. The van der Waals surface area contributed by atoms with Crippen molar-refractivity contribution in [3.8, 4) is 5.82 Å². The number of carbonyl (C=O) groups excluding carboxylic acids is 1. The lowest BCUT2D eigenvalue weighted by atomic mass is 10.1. The average Bonchev–Trinajstić information content (AvgIpc) is 3.21. The number of aryl methyl sites for hydroxylation is 2. The summed E-state index contributed by atoms with van der Waals surface area (Å²) in [6.07, 6.45) is 6.21. The summed E-state index contributed by atoms with van der Waals surface area (Å²) in [5.74, 6) is 2.36. The number of benzene rings is 1. The summed E-state index contributed by atoms with van der Waals surface area (Å²) in [7, 11) is 0. The molecule has 0 saturated carbocycles. The van der Waals surface area contributed by atoms with Crippen LogP contribution in [0.1, 0.15) is 24.2 Å². The van der Waals surface area contributed by atoms with E-state index in [-0.39, 0.29) is 5.91 Å². The number of amides is 1. The number of nitrogens with zero attached hydrogens (tertiary/aromatic N) is 3. The maximum atomic E-state index is 11.9. The second kappa shape index (κ2) is 9.52. The first-order valence-corrected chi connectivity index (χ1v) is 9.24. The Labute approximate surface area is 159 Å². The van der Waals surface area contributed by atoms with E-state index < -0.39 is 0 Å². The fourth-order valence-electron chi connectivity index (χ4n) is 2.84. The summed E-state index contributed by atoms with van der Waals surface area (Å²) >= 11 is 0. The number of aromatic nitrogens is 3. The molecule has 0 aliphatic carbocycles. The largest absolute Gasteiger partial charge is 0.368 e. The number of anilines is 1. The predicted molar refractivity (Wildman–Crippen MR) is 107 cm³/mol. The van der Waals surface area contributed by atoms with E-state index in [0.29, 0.717) is 25.3 Å². The third kappa shape index (κ3) is 5.95. The van der Waals surface area contributed by atoms with Crippen molar-refractivity contribution >= 4 is 11.7 Å². The van der Waals surface area contributed by atoms with Crippen molar-refractivity contribution in [3.63, 3.8) is 0 Å². The van der Waals surface area contributed by atoms with Crippen LogP contribution in [0.5, 0.6) is 0 Å². The first-order valence-electron chi connectivity index (χ1n) is 9.24. The third-order valence-corrected chi connectivity index (χ3v) is 4.16. The van der Waals surface area contributed by atoms with Gasteiger partial charge in [0.05, 0.1) is 0 Å². The lowest BCUT2D eigenvalue weighted by molar-refractivity contribution is -0.121. The maximum Gasteiger partial charge on any atom is 0.220 e. The molecular formula is C21H25N5O. The molecule has 2 aromatic heterocycles. The summed E-state index contributed by atoms with van der Waals surface area (Å²) in [4.78, 5) is 20.8. The van der Waals surface area contributed by atoms with Crippen LogP contribution in [0.25, 0.3) is 5.82 Å². The zero-order valence-corrected chi connectivity index (χ0v) is 15.6. The Morgan fingerprint density at radius 2 is 1.81 bits per heavy atom. The Bertz CT molecular complexity index is 846. The summed E-state index contributed by atoms with van der Waals surface area (Å²) in [6.45, 7) is 3.05. The highest BCUT2D eigenvalue weighted by Gasteiger charge is 2.04. The molecule has 0 aliphatic rings. The van der Waals surface area contributed by atoms with Gasteiger partial charge in [-0.25, -0.2) is 9.97 Å². The van der Waals surface area contributed by atoms with Crippen LogP contribution in [-0.4, -0.2) is 33.5 Å². The summed E-state index contributed by atoms with van der Waals surface area (Å²) in [5, 5.41) is 6.19. The molecule has 0 atom stereocenters. The van der Waals surface area contributed by atoms with Crippen LogP contribution in [0, 0.1) is 6.92 Å². The topological polar surface area (TPSA) is 71.8 Å². The Hall–Kier alpha value is -3.15. The first kappa shape index (κ1) is 18.6. The zero-order chi connectivity index (χ0) is 18.9. The van der Waals surface area contributed by atoms with Gasteiger partial charge in [-0.05, 0) is 37.5 Å². The Kier molecular flexibility index (Phi) is 6.57. The van der Waals surface area contributed by atoms with Gasteiger partial charge < -0.3 is 15.2 Å². The molecule has 6 heteroatoms. The van der Waals surface area contributed by atoms with Crippen LogP contribution in [0.15, 0.2) is 60.9 Å². The highest BCUT2D eigenvalue weighted by molar-refractivity contribution is 5.75. The minimum Gasteiger partial charge on any atom is -0.368 e. The quantitative estimate of drug-likeness (QED) is 0.573. The molecule has 1 amide bonds. The molecule has 0 saturated heterocycles. The second-order valence-electron chi connectivity index (χ2n) is 6.36. The number of rotatable bonds is 9. The van der Waals surface area contributed by atoms with Gasteiger partial charge in [-0.1, -0.05) is 30.3 Å². The fraction of sp³-hybridized carbons (Fsp3) is 0.286. The summed E-state index contributed by atoms with van der Waals surface area (Å²) in [5.41, 5.74) is 1.27. The van der Waals surface area contributed by atoms with E-state index in [1.807, 2.05) is 60.3 Å². The Morgan fingerprint density at radius 3 is 2.59 bits per heavy atom. The smallest absolute Gasteiger partial charge is 0.220 e. The van der Waals surface area contributed by atoms with Gasteiger partial charge in [-0.3, -0.25) is 4.79 Å². The summed E-state index contributed by atoms with van der Waals surface area (Å²) in [6, 6.07) is 16.0. The molecule has 0 unspecified atom stereocenters. The molecule has 1 aromatic carbocycles. The van der Waals surface area contributed by atoms with E-state index in [9.17, 15) is 4.79 Å². The van der Waals surface area contributed by atoms with E-state index in [1.54, 1.807) is 0 Å². The van der Waals surface area contributed by atoms with Crippen LogP contribution in [-0.2, 0) is 11.2 Å². The molecule has 2 heterocycles. The van der Waals surface area contributed by atoms with Crippen molar-refractivity contribution in [2.75, 3.05) is 18.4 Å². The molecule has 140 valence electrons. The van der Waals surface area contributed by atoms with Crippen molar-refractivity contribution in [3.05, 3.63) is 72.3 Å². The molecule has 0 spiro atoms. The lowest BCUT2D eigenvalue weighted by Crippen LogP contribution is -2.28. The van der Waals surface area contributed by atoms with E-state index in [1.165, 1.54) is 5.56 Å². The minimum atomic E-state index is 0.0830. The van der Waals surface area contributed by atoms with E-state index in [0.717, 1.165) is 24.5 Å². The van der Waals surface area contributed by atoms with Gasteiger partial charge in [0, 0.05) is 38.0 Å². The monoisotopic (exact) mass is 363 g/mol. The molecular weight excluding hydrogens is 338 g/mol. The number of nitrogens with one attached hydrogen (secondary N) is 2. The lowest BCUT2D eigenvalue weighted by Gasteiger charge is -2.10. The average molecular weight is 363 g/mol. The van der Waals surface area contributed by atoms with Gasteiger partial charge in [-0.2, -0.15) is 0 Å². The van der Waals surface area contributed by atoms with Crippen LogP contribution < -0.4 is 10.6 Å². The molecule has 3 aromatic rings. The van der Waals surface area contributed by atoms with Crippen LogP contribution in [0.4, 0.5) is 5.82 Å². The van der Waals surface area contributed by atoms with E-state index >= 15 is 0 Å². The third-order valence-electron chi connectivity index (χ3n) is 4.16. The molecule has 3 rings (SSSR count). The van der Waals surface area contributed by atoms with Crippen molar-refractivity contribution < 1.29 is 4.79 Å². The standard InChI is InChI=1S/C21H25N5O/c1-17-24-19(16-20(25-17)26-14-5-6-15-26)22-12-13-23-21(27)11-7-10-18-8-3-2-4-9-18/h2-6,8-9,14-16H,7,10-13H2,1H3,(H,23,27)(H,22,24,25). The first-order chi connectivity index (χ1) is 13.2. The molecule has 0 fully saturated rings. The van der Waals surface area contributed by atoms with Crippen LogP contribution >= 0.6 is 0 Å². The van der Waals surface area contributed by atoms with Crippen LogP contribution in [0.3, 0.4) is 0 Å². The van der Waals surface area contributed by atoms with Gasteiger partial charge in [0.1, 0.15) is 17.5 Å². The Morgan fingerprint density at radius 1 is 1.04 bits per heavy atom. The molecule has 2 N–H and O–H groups in total. The number of hydrogen-bond acceptors (Lipinski definition) is 4. The molecule has 0 radical (unpaired) electrons. The Balaban J connectivity index is 1.38. The highest BCUT2D eigenvalue weighted by Crippen LogP contribution is 2.11.